The van der Waals surface area contributed by atoms with Gasteiger partial charge in [-0.05, 0) is 30.7 Å². The van der Waals surface area contributed by atoms with Gasteiger partial charge in [-0.3, -0.25) is 14.4 Å². The van der Waals surface area contributed by atoms with Gasteiger partial charge in [0.15, 0.2) is 18.2 Å². The third-order valence-electron chi connectivity index (χ3n) is 5.18. The number of fused-ring (bicyclic) bond motifs is 1. The summed E-state index contributed by atoms with van der Waals surface area (Å²) in [6.07, 6.45) is 1.60. The second kappa shape index (κ2) is 8.33. The van der Waals surface area contributed by atoms with E-state index in [2.05, 4.69) is 19.9 Å². The highest BCUT2D eigenvalue weighted by Crippen LogP contribution is 2.46. The first-order valence-corrected chi connectivity index (χ1v) is 10.4. The van der Waals surface area contributed by atoms with Crippen molar-refractivity contribution in [2.24, 2.45) is 0 Å². The largest absolute Gasteiger partial charge is 0.457 e. The summed E-state index contributed by atoms with van der Waals surface area (Å²) in [5.41, 5.74) is 2.77. The molecule has 0 amide bonds. The number of nitrogens with zero attached hydrogens (tertiary/aromatic N) is 1. The number of ether oxygens (including phenoxy) is 1. The molecule has 152 valence electrons. The van der Waals surface area contributed by atoms with Crippen molar-refractivity contribution in [3.63, 3.8) is 0 Å². The molecular weight excluding hydrogens is 386 g/mol. The van der Waals surface area contributed by atoms with Crippen LogP contribution in [0.4, 0.5) is 5.69 Å². The van der Waals surface area contributed by atoms with Crippen molar-refractivity contribution in [2.45, 2.75) is 39.0 Å². The van der Waals surface area contributed by atoms with Gasteiger partial charge < -0.3 is 9.64 Å². The molecule has 5 nitrogen and oxygen atoms in total. The van der Waals surface area contributed by atoms with Gasteiger partial charge in [0.25, 0.3) is 0 Å². The second-order valence-corrected chi connectivity index (χ2v) is 8.98. The number of Topliss-reactive ketones (excluding diaryl/α,β-unsaturated/α-hetero) is 1. The van der Waals surface area contributed by atoms with Crippen LogP contribution in [0.1, 0.15) is 46.8 Å². The molecule has 0 unspecified atom stereocenters. The molecule has 2 aromatic rings. The van der Waals surface area contributed by atoms with Crippen LogP contribution in [0.3, 0.4) is 0 Å². The lowest BCUT2D eigenvalue weighted by Gasteiger charge is -2.23. The van der Waals surface area contributed by atoms with Gasteiger partial charge in [0.05, 0.1) is 11.3 Å². The van der Waals surface area contributed by atoms with Crippen molar-refractivity contribution < 1.29 is 19.1 Å². The number of hydrogen-bond acceptors (Lipinski definition) is 6. The van der Waals surface area contributed by atoms with E-state index in [0.29, 0.717) is 4.88 Å². The van der Waals surface area contributed by atoms with E-state index >= 15 is 0 Å². The number of carbonyl (C=O) groups is 3. The molecule has 3 rings (SSSR count). The lowest BCUT2D eigenvalue weighted by atomic mass is 9.83. The molecule has 0 radical (unpaired) electrons. The predicted octanol–water partition coefficient (Wildman–Crippen LogP) is 4.44. The Labute approximate surface area is 175 Å². The van der Waals surface area contributed by atoms with Crippen LogP contribution in [0, 0.1) is 6.92 Å². The summed E-state index contributed by atoms with van der Waals surface area (Å²) in [5.74, 6) is -0.900. The first-order chi connectivity index (χ1) is 13.7. The molecule has 1 aromatic carbocycles. The van der Waals surface area contributed by atoms with Crippen LogP contribution in [0.15, 0.2) is 48.2 Å². The van der Waals surface area contributed by atoms with Crippen molar-refractivity contribution in [1.82, 2.24) is 0 Å². The highest BCUT2D eigenvalue weighted by Gasteiger charge is 2.38. The van der Waals surface area contributed by atoms with Gasteiger partial charge in [-0.1, -0.05) is 32.0 Å². The summed E-state index contributed by atoms with van der Waals surface area (Å²) in [5, 5.41) is 0. The maximum atomic E-state index is 12.4. The number of ketones is 2. The Morgan fingerprint density at radius 3 is 2.48 bits per heavy atom. The minimum Gasteiger partial charge on any atom is -0.457 e. The lowest BCUT2D eigenvalue weighted by molar-refractivity contribution is -0.146. The number of likely N-dealkylation sites (N-methyl/N-ethyl adjacent to an activating group) is 1. The molecule has 0 fully saturated rings. The maximum absolute atomic E-state index is 12.4. The van der Waals surface area contributed by atoms with Crippen molar-refractivity contribution in [3.05, 3.63) is 63.5 Å². The molecule has 2 heterocycles. The number of rotatable bonds is 7. The number of esters is 1. The number of carbonyl (C=O) groups excluding carboxylic acids is 3. The molecule has 0 aliphatic carbocycles. The molecule has 0 saturated carbocycles. The Kier molecular flexibility index (Phi) is 6.03. The predicted molar refractivity (Wildman–Crippen MR) is 115 cm³/mol. The smallest absolute Gasteiger partial charge is 0.306 e. The van der Waals surface area contributed by atoms with Crippen LogP contribution >= 0.6 is 11.3 Å². The molecule has 29 heavy (non-hydrogen) atoms. The van der Waals surface area contributed by atoms with Gasteiger partial charge in [-0.15, -0.1) is 11.3 Å². The number of aryl methyl sites for hydroxylation is 1. The Hall–Kier alpha value is -2.73. The normalized spacial score (nSPS) is 16.0. The van der Waals surface area contributed by atoms with E-state index in [4.69, 9.17) is 4.74 Å². The molecule has 0 saturated heterocycles. The Morgan fingerprint density at radius 2 is 1.83 bits per heavy atom. The SMILES string of the molecule is Cc1ccc(C(=O)CCC(=O)OCC(=O)C=C2N(C)c3ccccc3C2(C)C)s1. The molecule has 0 bridgehead atoms. The molecule has 0 spiro atoms. The van der Waals surface area contributed by atoms with Gasteiger partial charge >= 0.3 is 5.97 Å². The third-order valence-corrected chi connectivity index (χ3v) is 6.23. The molecular formula is C23H25NO4S. The van der Waals surface area contributed by atoms with Crippen LogP contribution in [0.2, 0.25) is 0 Å². The zero-order valence-electron chi connectivity index (χ0n) is 17.2. The minimum absolute atomic E-state index is 0.0313. The van der Waals surface area contributed by atoms with Gasteiger partial charge in [0.2, 0.25) is 0 Å². The fraction of sp³-hybridized carbons (Fsp3) is 0.348. The number of allylic oxidation sites excluding steroid dienone is 1. The van der Waals surface area contributed by atoms with Crippen LogP contribution in [-0.2, 0) is 19.7 Å². The monoisotopic (exact) mass is 411 g/mol. The molecule has 6 heteroatoms. The van der Waals surface area contributed by atoms with E-state index < -0.39 is 5.97 Å². The summed E-state index contributed by atoms with van der Waals surface area (Å²) in [6.45, 7) is 5.74. The third kappa shape index (κ3) is 4.48. The Morgan fingerprint density at radius 1 is 1.10 bits per heavy atom. The quantitative estimate of drug-likeness (QED) is 0.383. The summed E-state index contributed by atoms with van der Waals surface area (Å²) in [7, 11) is 1.93. The van der Waals surface area contributed by atoms with Crippen LogP contribution in [-0.4, -0.2) is 31.2 Å². The van der Waals surface area contributed by atoms with Gasteiger partial charge in [0.1, 0.15) is 0 Å². The number of thiophene rings is 1. The highest BCUT2D eigenvalue weighted by atomic mass is 32.1. The van der Waals surface area contributed by atoms with E-state index in [1.165, 1.54) is 11.3 Å². The van der Waals surface area contributed by atoms with Crippen molar-refractivity contribution in [3.8, 4) is 0 Å². The topological polar surface area (TPSA) is 63.7 Å². The molecule has 1 aliphatic heterocycles. The zero-order valence-corrected chi connectivity index (χ0v) is 18.0. The van der Waals surface area contributed by atoms with Crippen LogP contribution < -0.4 is 4.90 Å². The first-order valence-electron chi connectivity index (χ1n) is 9.53. The average molecular weight is 412 g/mol. The highest BCUT2D eigenvalue weighted by molar-refractivity contribution is 7.14. The summed E-state index contributed by atoms with van der Waals surface area (Å²) < 4.78 is 5.09. The standard InChI is InChI=1S/C23H25NO4S/c1-15-9-11-20(29-15)19(26)10-12-22(27)28-14-16(25)13-21-23(2,3)17-7-5-6-8-18(17)24(21)4/h5-9,11,13H,10,12,14H2,1-4H3. The number of hydrogen-bond donors (Lipinski definition) is 0. The van der Waals surface area contributed by atoms with E-state index in [-0.39, 0.29) is 36.4 Å². The van der Waals surface area contributed by atoms with Gasteiger partial charge in [0, 0.05) is 41.2 Å². The van der Waals surface area contributed by atoms with E-state index in [1.807, 2.05) is 43.1 Å². The molecule has 1 aliphatic rings. The number of benzene rings is 1. The molecule has 0 atom stereocenters. The number of para-hydroxylation sites is 1. The first kappa shape index (κ1) is 21.0. The fourth-order valence-electron chi connectivity index (χ4n) is 3.60. The zero-order chi connectivity index (χ0) is 21.2. The van der Waals surface area contributed by atoms with Crippen LogP contribution in [0.25, 0.3) is 0 Å². The maximum Gasteiger partial charge on any atom is 0.306 e. The molecule has 1 aromatic heterocycles. The summed E-state index contributed by atoms with van der Waals surface area (Å²) in [6, 6.07) is 11.7. The summed E-state index contributed by atoms with van der Waals surface area (Å²) in [4.78, 5) is 40.1. The molecule has 0 N–H and O–H groups in total. The van der Waals surface area contributed by atoms with Gasteiger partial charge in [-0.25, -0.2) is 0 Å². The second-order valence-electron chi connectivity index (χ2n) is 7.69. The van der Waals surface area contributed by atoms with E-state index in [9.17, 15) is 14.4 Å². The van der Waals surface area contributed by atoms with E-state index in [1.54, 1.807) is 12.1 Å². The average Bonchev–Trinajstić information content (AvgIpc) is 3.20. The van der Waals surface area contributed by atoms with Crippen molar-refractivity contribution in [1.29, 1.82) is 0 Å². The number of anilines is 1. The van der Waals surface area contributed by atoms with Crippen molar-refractivity contribution >= 4 is 34.6 Å². The minimum atomic E-state index is -0.541. The Balaban J connectivity index is 1.54. The van der Waals surface area contributed by atoms with Crippen LogP contribution in [0.5, 0.6) is 0 Å². The van der Waals surface area contributed by atoms with E-state index in [0.717, 1.165) is 21.8 Å². The summed E-state index contributed by atoms with van der Waals surface area (Å²) >= 11 is 1.41. The lowest BCUT2D eigenvalue weighted by Crippen LogP contribution is -2.25. The van der Waals surface area contributed by atoms with Crippen molar-refractivity contribution in [2.75, 3.05) is 18.6 Å². The fourth-order valence-corrected chi connectivity index (χ4v) is 4.43. The van der Waals surface area contributed by atoms with Gasteiger partial charge in [-0.2, -0.15) is 0 Å². The Bertz CT molecular complexity index is 986.